The molecule has 0 bridgehead atoms. The van der Waals surface area contributed by atoms with Gasteiger partial charge in [-0.2, -0.15) is 0 Å². The molecular weight excluding hydrogens is 493 g/mol. The van der Waals surface area contributed by atoms with E-state index in [0.717, 1.165) is 5.56 Å². The highest BCUT2D eigenvalue weighted by Gasteiger charge is 2.39. The summed E-state index contributed by atoms with van der Waals surface area (Å²) in [6.45, 7) is 0.377. The fourth-order valence-electron chi connectivity index (χ4n) is 3.65. The minimum absolute atomic E-state index is 0.0607. The van der Waals surface area contributed by atoms with E-state index in [2.05, 4.69) is 10.3 Å². The van der Waals surface area contributed by atoms with Gasteiger partial charge < -0.3 is 14.8 Å². The molecule has 7 nitrogen and oxygen atoms in total. The van der Waals surface area contributed by atoms with Crippen molar-refractivity contribution < 1.29 is 23.5 Å². The van der Waals surface area contributed by atoms with Crippen molar-refractivity contribution in [3.8, 4) is 11.5 Å². The number of thioether (sulfide) groups is 1. The number of hydrogen-bond donors (Lipinski definition) is 1. The average molecular weight is 512 g/mol. The number of carbonyl (C=O) groups is 2. The van der Waals surface area contributed by atoms with Gasteiger partial charge in [-0.1, -0.05) is 41.6 Å². The molecule has 2 aliphatic rings. The lowest BCUT2D eigenvalue weighted by molar-refractivity contribution is -0.128. The summed E-state index contributed by atoms with van der Waals surface area (Å²) in [6, 6.07) is 18.0. The first-order chi connectivity index (χ1) is 17.0. The summed E-state index contributed by atoms with van der Waals surface area (Å²) in [7, 11) is 0. The lowest BCUT2D eigenvalue weighted by Crippen LogP contribution is -2.33. The number of amidine groups is 1. The Kier molecular flexibility index (Phi) is 6.61. The van der Waals surface area contributed by atoms with Gasteiger partial charge in [-0.15, -0.1) is 0 Å². The Balaban J connectivity index is 1.37. The molecular formula is C25H19ClFN3O4S. The smallest absolute Gasteiger partial charge is 0.242 e. The average Bonchev–Trinajstić information content (AvgIpc) is 3.42. The van der Waals surface area contributed by atoms with Crippen LogP contribution in [0, 0.1) is 5.82 Å². The predicted molar refractivity (Wildman–Crippen MR) is 133 cm³/mol. The Morgan fingerprint density at radius 2 is 1.89 bits per heavy atom. The van der Waals surface area contributed by atoms with Crippen LogP contribution in [0.2, 0.25) is 5.02 Å². The van der Waals surface area contributed by atoms with Crippen molar-refractivity contribution in [2.24, 2.45) is 4.99 Å². The van der Waals surface area contributed by atoms with E-state index in [4.69, 9.17) is 21.1 Å². The molecule has 0 unspecified atom stereocenters. The van der Waals surface area contributed by atoms with Gasteiger partial charge in [-0.25, -0.2) is 9.38 Å². The van der Waals surface area contributed by atoms with Crippen molar-refractivity contribution in [2.45, 2.75) is 18.2 Å². The van der Waals surface area contributed by atoms with Crippen LogP contribution in [0.3, 0.4) is 0 Å². The quantitative estimate of drug-likeness (QED) is 0.481. The van der Waals surface area contributed by atoms with E-state index >= 15 is 0 Å². The monoisotopic (exact) mass is 511 g/mol. The molecule has 2 heterocycles. The Bertz CT molecular complexity index is 1320. The molecule has 0 saturated carbocycles. The van der Waals surface area contributed by atoms with Crippen LogP contribution in [-0.2, 0) is 16.1 Å². The number of fused-ring (bicyclic) bond motifs is 1. The number of benzene rings is 3. The van der Waals surface area contributed by atoms with Gasteiger partial charge >= 0.3 is 0 Å². The molecule has 1 saturated heterocycles. The summed E-state index contributed by atoms with van der Waals surface area (Å²) in [6.07, 6.45) is -0.0607. The third-order valence-electron chi connectivity index (χ3n) is 5.37. The van der Waals surface area contributed by atoms with E-state index in [-0.39, 0.29) is 37.4 Å². The number of rotatable bonds is 6. The van der Waals surface area contributed by atoms with Gasteiger partial charge in [-0.05, 0) is 54.1 Å². The maximum Gasteiger partial charge on any atom is 0.242 e. The molecule has 5 rings (SSSR count). The van der Waals surface area contributed by atoms with E-state index in [0.29, 0.717) is 33.1 Å². The molecule has 0 radical (unpaired) electrons. The van der Waals surface area contributed by atoms with Gasteiger partial charge in [0.2, 0.25) is 18.6 Å². The standard InChI is InChI=1S/C25H19ClFN3O4S/c26-18-3-1-2-4-19(18)29-23(31)12-22-24(32)30(13-15-5-10-20-21(11-15)34-14-33-20)25(35-22)28-17-8-6-16(27)7-9-17/h1-11,22H,12-14H2,(H,29,31)/t22-/m0/s1. The van der Waals surface area contributed by atoms with Crippen molar-refractivity contribution >= 4 is 51.7 Å². The van der Waals surface area contributed by atoms with Crippen molar-refractivity contribution in [3.05, 3.63) is 83.1 Å². The molecule has 35 heavy (non-hydrogen) atoms. The van der Waals surface area contributed by atoms with Gasteiger partial charge in [0, 0.05) is 6.42 Å². The number of nitrogens with zero attached hydrogens (tertiary/aromatic N) is 2. The van der Waals surface area contributed by atoms with Crippen LogP contribution >= 0.6 is 23.4 Å². The number of hydrogen-bond acceptors (Lipinski definition) is 6. The summed E-state index contributed by atoms with van der Waals surface area (Å²) in [5.41, 5.74) is 1.79. The SMILES string of the molecule is O=C(C[C@@H]1SC(=Nc2ccc(F)cc2)N(Cc2ccc3c(c2)OCO3)C1=O)Nc1ccccc1Cl. The molecule has 2 amide bonds. The Hall–Kier alpha value is -3.56. The maximum absolute atomic E-state index is 13.4. The molecule has 1 fully saturated rings. The number of ether oxygens (including phenoxy) is 2. The second-order valence-electron chi connectivity index (χ2n) is 7.82. The van der Waals surface area contributed by atoms with Gasteiger partial charge in [0.1, 0.15) is 11.1 Å². The van der Waals surface area contributed by atoms with Gasteiger partial charge in [0.15, 0.2) is 16.7 Å². The predicted octanol–water partition coefficient (Wildman–Crippen LogP) is 5.37. The van der Waals surface area contributed by atoms with Crippen molar-refractivity contribution in [1.82, 2.24) is 4.90 Å². The third-order valence-corrected chi connectivity index (χ3v) is 6.87. The first kappa shape index (κ1) is 23.2. The number of carbonyl (C=O) groups excluding carboxylic acids is 2. The lowest BCUT2D eigenvalue weighted by atomic mass is 10.1. The summed E-state index contributed by atoms with van der Waals surface area (Å²) >= 11 is 7.33. The van der Waals surface area contributed by atoms with Crippen LogP contribution in [0.1, 0.15) is 12.0 Å². The van der Waals surface area contributed by atoms with Crippen molar-refractivity contribution in [3.63, 3.8) is 0 Å². The number of para-hydroxylation sites is 1. The summed E-state index contributed by atoms with van der Waals surface area (Å²) in [4.78, 5) is 32.1. The highest BCUT2D eigenvalue weighted by atomic mass is 35.5. The van der Waals surface area contributed by atoms with Crippen molar-refractivity contribution in [1.29, 1.82) is 0 Å². The molecule has 3 aromatic carbocycles. The van der Waals surface area contributed by atoms with E-state index in [1.807, 2.05) is 12.1 Å². The normalized spacial score (nSPS) is 17.8. The van der Waals surface area contributed by atoms with E-state index in [1.165, 1.54) is 40.9 Å². The molecule has 3 aromatic rings. The fraction of sp³-hybridized carbons (Fsp3) is 0.160. The fourth-order valence-corrected chi connectivity index (χ4v) is 4.99. The molecule has 178 valence electrons. The Morgan fingerprint density at radius 3 is 2.69 bits per heavy atom. The molecule has 0 aliphatic carbocycles. The second-order valence-corrected chi connectivity index (χ2v) is 9.40. The number of anilines is 1. The van der Waals surface area contributed by atoms with E-state index < -0.39 is 5.25 Å². The number of aliphatic imine (C=N–C) groups is 1. The zero-order chi connectivity index (χ0) is 24.4. The van der Waals surface area contributed by atoms with Crippen LogP contribution in [0.25, 0.3) is 0 Å². The first-order valence-electron chi connectivity index (χ1n) is 10.7. The molecule has 0 aromatic heterocycles. The Morgan fingerprint density at radius 1 is 1.11 bits per heavy atom. The summed E-state index contributed by atoms with van der Waals surface area (Å²) in [5, 5.41) is 2.92. The van der Waals surface area contributed by atoms with Crippen LogP contribution in [-0.4, -0.2) is 33.9 Å². The number of halogens is 2. The van der Waals surface area contributed by atoms with Gasteiger partial charge in [0.05, 0.1) is 22.9 Å². The zero-order valence-corrected chi connectivity index (χ0v) is 19.8. The zero-order valence-electron chi connectivity index (χ0n) is 18.2. The summed E-state index contributed by atoms with van der Waals surface area (Å²) < 4.78 is 24.2. The second kappa shape index (κ2) is 9.97. The minimum Gasteiger partial charge on any atom is -0.454 e. The highest BCUT2D eigenvalue weighted by molar-refractivity contribution is 8.15. The Labute approximate surface area is 209 Å². The molecule has 1 N–H and O–H groups in total. The molecule has 0 spiro atoms. The summed E-state index contributed by atoms with van der Waals surface area (Å²) in [5.74, 6) is 0.285. The highest BCUT2D eigenvalue weighted by Crippen LogP contribution is 2.36. The topological polar surface area (TPSA) is 80.2 Å². The van der Waals surface area contributed by atoms with Gasteiger partial charge in [-0.3, -0.25) is 14.5 Å². The van der Waals surface area contributed by atoms with Crippen LogP contribution in [0.5, 0.6) is 11.5 Å². The van der Waals surface area contributed by atoms with Crippen molar-refractivity contribution in [2.75, 3.05) is 12.1 Å². The van der Waals surface area contributed by atoms with Crippen LogP contribution in [0.4, 0.5) is 15.8 Å². The van der Waals surface area contributed by atoms with Gasteiger partial charge in [0.25, 0.3) is 0 Å². The number of amides is 2. The molecule has 2 aliphatic heterocycles. The minimum atomic E-state index is -0.675. The molecule has 1 atom stereocenters. The lowest BCUT2D eigenvalue weighted by Gasteiger charge is -2.17. The molecule has 10 heteroatoms. The van der Waals surface area contributed by atoms with E-state index in [9.17, 15) is 14.0 Å². The maximum atomic E-state index is 13.4. The number of nitrogens with one attached hydrogen (secondary N) is 1. The third kappa shape index (κ3) is 5.26. The van der Waals surface area contributed by atoms with E-state index in [1.54, 1.807) is 30.3 Å². The largest absolute Gasteiger partial charge is 0.454 e. The van der Waals surface area contributed by atoms with Crippen LogP contribution < -0.4 is 14.8 Å². The van der Waals surface area contributed by atoms with Crippen LogP contribution in [0.15, 0.2) is 71.7 Å². The first-order valence-corrected chi connectivity index (χ1v) is 12.0.